The Hall–Kier alpha value is -2.93. The van der Waals surface area contributed by atoms with Gasteiger partial charge >= 0.3 is 0 Å². The summed E-state index contributed by atoms with van der Waals surface area (Å²) in [5, 5.41) is 10.8. The molecule has 0 fully saturated rings. The van der Waals surface area contributed by atoms with Gasteiger partial charge in [-0.3, -0.25) is 5.10 Å². The Bertz CT molecular complexity index is 1010. The second-order valence-electron chi connectivity index (χ2n) is 6.11. The monoisotopic (exact) mass is 382 g/mol. The first-order chi connectivity index (χ1) is 13.1. The molecule has 0 amide bonds. The number of ether oxygens (including phenoxy) is 2. The molecular formula is C20H22N4O2S. The van der Waals surface area contributed by atoms with E-state index in [1.165, 1.54) is 22.1 Å². The molecule has 0 saturated carbocycles. The molecule has 140 valence electrons. The molecule has 0 aliphatic heterocycles. The minimum absolute atomic E-state index is 0.435. The van der Waals surface area contributed by atoms with Crippen LogP contribution in [0.15, 0.2) is 47.8 Å². The second kappa shape index (κ2) is 8.64. The van der Waals surface area contributed by atoms with Gasteiger partial charge < -0.3 is 9.47 Å². The summed E-state index contributed by atoms with van der Waals surface area (Å²) in [7, 11) is 0. The molecule has 0 bridgehead atoms. The van der Waals surface area contributed by atoms with Gasteiger partial charge in [-0.2, -0.15) is 14.9 Å². The van der Waals surface area contributed by atoms with Crippen LogP contribution in [0.4, 0.5) is 0 Å². The third-order valence-corrected chi connectivity index (χ3v) is 4.30. The Morgan fingerprint density at radius 3 is 2.74 bits per heavy atom. The maximum Gasteiger partial charge on any atom is 0.216 e. The summed E-state index contributed by atoms with van der Waals surface area (Å²) in [5.74, 6) is 1.39. The highest BCUT2D eigenvalue weighted by Gasteiger charge is 2.08. The fourth-order valence-corrected chi connectivity index (χ4v) is 2.70. The number of rotatable bonds is 7. The summed E-state index contributed by atoms with van der Waals surface area (Å²) in [6, 6.07) is 12.1. The fraction of sp³-hybridized carbons (Fsp3) is 0.250. The van der Waals surface area contributed by atoms with Crippen LogP contribution in [0.25, 0.3) is 0 Å². The van der Waals surface area contributed by atoms with Crippen molar-refractivity contribution < 1.29 is 9.47 Å². The Balaban J connectivity index is 1.79. The van der Waals surface area contributed by atoms with Crippen LogP contribution in [0.1, 0.15) is 29.2 Å². The van der Waals surface area contributed by atoms with Crippen molar-refractivity contribution in [3.05, 3.63) is 69.8 Å². The van der Waals surface area contributed by atoms with Crippen LogP contribution >= 0.6 is 12.2 Å². The highest BCUT2D eigenvalue weighted by atomic mass is 32.1. The topological polar surface area (TPSA) is 64.4 Å². The van der Waals surface area contributed by atoms with Gasteiger partial charge in [-0.1, -0.05) is 23.8 Å². The van der Waals surface area contributed by atoms with Crippen LogP contribution in [0, 0.1) is 18.6 Å². The van der Waals surface area contributed by atoms with Gasteiger partial charge in [0.2, 0.25) is 4.77 Å². The maximum atomic E-state index is 6.03. The molecule has 0 aliphatic rings. The van der Waals surface area contributed by atoms with E-state index < -0.39 is 0 Å². The van der Waals surface area contributed by atoms with Crippen molar-refractivity contribution in [2.45, 2.75) is 27.4 Å². The summed E-state index contributed by atoms with van der Waals surface area (Å²) < 4.78 is 13.7. The van der Waals surface area contributed by atoms with Crippen molar-refractivity contribution in [1.29, 1.82) is 0 Å². The van der Waals surface area contributed by atoms with Crippen LogP contribution in [0.3, 0.4) is 0 Å². The van der Waals surface area contributed by atoms with Gasteiger partial charge in [-0.15, -0.1) is 0 Å². The van der Waals surface area contributed by atoms with E-state index in [2.05, 4.69) is 47.3 Å². The summed E-state index contributed by atoms with van der Waals surface area (Å²) in [6.07, 6.45) is 3.21. The Morgan fingerprint density at radius 2 is 2.00 bits per heavy atom. The number of benzene rings is 2. The van der Waals surface area contributed by atoms with Gasteiger partial charge in [0.15, 0.2) is 11.5 Å². The first-order valence-electron chi connectivity index (χ1n) is 8.69. The number of hydrogen-bond donors (Lipinski definition) is 1. The molecule has 3 aromatic rings. The molecule has 2 aromatic carbocycles. The Morgan fingerprint density at radius 1 is 1.15 bits per heavy atom. The van der Waals surface area contributed by atoms with Crippen molar-refractivity contribution in [2.75, 3.05) is 6.61 Å². The van der Waals surface area contributed by atoms with E-state index in [1.807, 2.05) is 25.1 Å². The highest BCUT2D eigenvalue weighted by molar-refractivity contribution is 7.71. The number of H-pyrrole nitrogens is 1. The molecule has 0 spiro atoms. The van der Waals surface area contributed by atoms with Gasteiger partial charge in [0.25, 0.3) is 0 Å². The van der Waals surface area contributed by atoms with Crippen LogP contribution < -0.4 is 9.47 Å². The molecule has 7 heteroatoms. The van der Waals surface area contributed by atoms with Crippen molar-refractivity contribution >= 4 is 18.4 Å². The molecular weight excluding hydrogens is 360 g/mol. The number of aryl methyl sites for hydroxylation is 2. The van der Waals surface area contributed by atoms with Gasteiger partial charge in [0, 0.05) is 0 Å². The first-order valence-corrected chi connectivity index (χ1v) is 9.10. The molecule has 0 atom stereocenters. The Labute approximate surface area is 163 Å². The quantitative estimate of drug-likeness (QED) is 0.485. The Kier molecular flexibility index (Phi) is 6.03. The lowest BCUT2D eigenvalue weighted by atomic mass is 10.1. The molecule has 0 aliphatic carbocycles. The lowest BCUT2D eigenvalue weighted by molar-refractivity contribution is 0.269. The van der Waals surface area contributed by atoms with Gasteiger partial charge in [-0.25, -0.2) is 0 Å². The standard InChI is InChI=1S/C20H22N4O2S/c1-4-25-19-10-16(11-22-24-13-21-23-20(24)27)7-8-18(19)26-12-17-9-14(2)5-6-15(17)3/h5-11,13H,4,12H2,1-3H3,(H,23,27)/b22-11-. The lowest BCUT2D eigenvalue weighted by Crippen LogP contribution is -2.02. The molecule has 1 N–H and O–H groups in total. The van der Waals surface area contributed by atoms with E-state index in [0.717, 1.165) is 11.1 Å². The first kappa shape index (κ1) is 18.8. The van der Waals surface area contributed by atoms with Crippen molar-refractivity contribution in [3.63, 3.8) is 0 Å². The zero-order chi connectivity index (χ0) is 19.2. The largest absolute Gasteiger partial charge is 0.490 e. The average Bonchev–Trinajstić information content (AvgIpc) is 3.07. The number of nitrogens with zero attached hydrogens (tertiary/aromatic N) is 3. The predicted molar refractivity (Wildman–Crippen MR) is 108 cm³/mol. The normalized spacial score (nSPS) is 11.1. The molecule has 6 nitrogen and oxygen atoms in total. The van der Waals surface area contributed by atoms with E-state index >= 15 is 0 Å². The third kappa shape index (κ3) is 4.83. The number of aromatic nitrogens is 3. The zero-order valence-electron chi connectivity index (χ0n) is 15.6. The van der Waals surface area contributed by atoms with Gasteiger partial charge in [0.05, 0.1) is 12.8 Å². The van der Waals surface area contributed by atoms with Crippen LogP contribution in [0.2, 0.25) is 0 Å². The average molecular weight is 382 g/mol. The molecule has 0 saturated heterocycles. The smallest absolute Gasteiger partial charge is 0.216 e. The van der Waals surface area contributed by atoms with E-state index in [0.29, 0.717) is 29.5 Å². The fourth-order valence-electron chi connectivity index (χ4n) is 2.56. The SMILES string of the molecule is CCOc1cc(/C=N\n2cn[nH]c2=S)ccc1OCc1cc(C)ccc1C. The number of nitrogens with one attached hydrogen (secondary N) is 1. The lowest BCUT2D eigenvalue weighted by Gasteiger charge is -2.14. The summed E-state index contributed by atoms with van der Waals surface area (Å²) in [5.41, 5.74) is 4.46. The van der Waals surface area contributed by atoms with Crippen LogP contribution in [0.5, 0.6) is 11.5 Å². The summed E-state index contributed by atoms with van der Waals surface area (Å²) in [6.45, 7) is 7.15. The number of aromatic amines is 1. The number of hydrogen-bond acceptors (Lipinski definition) is 5. The second-order valence-corrected chi connectivity index (χ2v) is 6.50. The highest BCUT2D eigenvalue weighted by Crippen LogP contribution is 2.29. The molecule has 0 radical (unpaired) electrons. The summed E-state index contributed by atoms with van der Waals surface area (Å²) >= 11 is 5.08. The minimum Gasteiger partial charge on any atom is -0.490 e. The van der Waals surface area contributed by atoms with Gasteiger partial charge in [0.1, 0.15) is 12.9 Å². The molecule has 0 unspecified atom stereocenters. The third-order valence-electron chi connectivity index (χ3n) is 4.02. The summed E-state index contributed by atoms with van der Waals surface area (Å²) in [4.78, 5) is 0. The van der Waals surface area contributed by atoms with E-state index in [1.54, 1.807) is 6.21 Å². The van der Waals surface area contributed by atoms with Crippen LogP contribution in [-0.2, 0) is 6.61 Å². The predicted octanol–water partition coefficient (Wildman–Crippen LogP) is 4.42. The van der Waals surface area contributed by atoms with Crippen molar-refractivity contribution in [1.82, 2.24) is 14.9 Å². The molecule has 1 heterocycles. The van der Waals surface area contributed by atoms with Gasteiger partial charge in [-0.05, 0) is 67.9 Å². The molecule has 27 heavy (non-hydrogen) atoms. The van der Waals surface area contributed by atoms with E-state index in [9.17, 15) is 0 Å². The van der Waals surface area contributed by atoms with E-state index in [4.69, 9.17) is 21.7 Å². The molecule has 3 rings (SSSR count). The maximum absolute atomic E-state index is 6.03. The molecule has 1 aromatic heterocycles. The zero-order valence-corrected chi connectivity index (χ0v) is 16.4. The minimum atomic E-state index is 0.435. The van der Waals surface area contributed by atoms with Crippen molar-refractivity contribution in [2.24, 2.45) is 5.10 Å². The van der Waals surface area contributed by atoms with E-state index in [-0.39, 0.29) is 0 Å². The van der Waals surface area contributed by atoms with Crippen LogP contribution in [-0.4, -0.2) is 27.7 Å². The van der Waals surface area contributed by atoms with Crippen molar-refractivity contribution in [3.8, 4) is 11.5 Å².